The van der Waals surface area contributed by atoms with E-state index in [4.69, 9.17) is 9.47 Å². The van der Waals surface area contributed by atoms with Crippen molar-refractivity contribution in [1.29, 1.82) is 0 Å². The number of ether oxygens (including phenoxy) is 2. The molecule has 0 aliphatic heterocycles. The lowest BCUT2D eigenvalue weighted by Gasteiger charge is -2.25. The normalized spacial score (nSPS) is 15.1. The van der Waals surface area contributed by atoms with E-state index in [-0.39, 0.29) is 24.3 Å². The predicted octanol–water partition coefficient (Wildman–Crippen LogP) is 6.75. The summed E-state index contributed by atoms with van der Waals surface area (Å²) in [5.41, 5.74) is 2.83. The van der Waals surface area contributed by atoms with Crippen LogP contribution in [-0.4, -0.2) is 45.8 Å². The van der Waals surface area contributed by atoms with Gasteiger partial charge in [0.25, 0.3) is 0 Å². The average molecular weight is 580 g/mol. The van der Waals surface area contributed by atoms with E-state index >= 15 is 0 Å². The fourth-order valence-corrected chi connectivity index (χ4v) is 5.72. The van der Waals surface area contributed by atoms with E-state index in [1.165, 1.54) is 4.90 Å². The first-order valence-electron chi connectivity index (χ1n) is 12.0. The second-order valence-electron chi connectivity index (χ2n) is 10.3. The molecule has 0 radical (unpaired) electrons. The topological polar surface area (TPSA) is 84.9 Å². The van der Waals surface area contributed by atoms with Crippen LogP contribution in [0.2, 0.25) is 0 Å². The number of aryl methyl sites for hydroxylation is 1. The second kappa shape index (κ2) is 11.8. The minimum atomic E-state index is -1.17. The highest BCUT2D eigenvalue weighted by atomic mass is 79.9. The number of carbonyl (C=O) groups excluding carboxylic acids is 2. The van der Waals surface area contributed by atoms with Gasteiger partial charge in [-0.3, -0.25) is 9.53 Å². The van der Waals surface area contributed by atoms with Crippen LogP contribution in [0.3, 0.4) is 0 Å². The molecule has 0 heterocycles. The summed E-state index contributed by atoms with van der Waals surface area (Å²) in [6, 6.07) is 11.3. The summed E-state index contributed by atoms with van der Waals surface area (Å²) in [7, 11) is 0.471. The summed E-state index contributed by atoms with van der Waals surface area (Å²) in [4.78, 5) is 27.1. The molecule has 1 fully saturated rings. The van der Waals surface area contributed by atoms with Gasteiger partial charge in [0.2, 0.25) is 0 Å². The molecular weight excluding hydrogens is 544 g/mol. The highest BCUT2D eigenvalue weighted by Crippen LogP contribution is 2.33. The average Bonchev–Trinajstić information content (AvgIpc) is 3.61. The third-order valence-electron chi connectivity index (χ3n) is 5.69. The molecular formula is C27H35BrN2O5S. The van der Waals surface area contributed by atoms with Crippen LogP contribution in [0.5, 0.6) is 0 Å². The van der Waals surface area contributed by atoms with E-state index in [1.54, 1.807) is 46.0 Å². The first-order chi connectivity index (χ1) is 16.8. The van der Waals surface area contributed by atoms with Gasteiger partial charge in [0, 0.05) is 39.8 Å². The van der Waals surface area contributed by atoms with Crippen LogP contribution in [0.15, 0.2) is 45.8 Å². The fourth-order valence-electron chi connectivity index (χ4n) is 3.74. The van der Waals surface area contributed by atoms with Crippen molar-refractivity contribution in [2.24, 2.45) is 0 Å². The van der Waals surface area contributed by atoms with Crippen LogP contribution >= 0.6 is 15.9 Å². The van der Waals surface area contributed by atoms with Crippen LogP contribution in [0.1, 0.15) is 63.1 Å². The Labute approximate surface area is 224 Å². The Morgan fingerprint density at radius 2 is 1.89 bits per heavy atom. The summed E-state index contributed by atoms with van der Waals surface area (Å²) in [5, 5.41) is 2.90. The molecule has 3 rings (SSSR count). The number of hydrogen-bond acceptors (Lipinski definition) is 5. The molecule has 36 heavy (non-hydrogen) atoms. The number of rotatable bonds is 8. The monoisotopic (exact) mass is 578 g/mol. The summed E-state index contributed by atoms with van der Waals surface area (Å²) >= 11 is 3.47. The summed E-state index contributed by atoms with van der Waals surface area (Å²) in [6.07, 6.45) is 0.812. The third kappa shape index (κ3) is 8.06. The van der Waals surface area contributed by atoms with Gasteiger partial charge in [0.15, 0.2) is 0 Å². The SMILES string of the molecule is Cc1cc(Br)ccc1C(C)COC(=O)Nc1ccc(S(=O)C2CC2)c(CN(C)C(=O)OC(C)(C)C)c1. The lowest BCUT2D eigenvalue weighted by Crippen LogP contribution is -2.34. The van der Waals surface area contributed by atoms with Crippen molar-refractivity contribution in [2.75, 3.05) is 19.0 Å². The van der Waals surface area contributed by atoms with E-state index < -0.39 is 28.6 Å². The molecule has 7 nitrogen and oxygen atoms in total. The highest BCUT2D eigenvalue weighted by Gasteiger charge is 2.31. The molecule has 196 valence electrons. The Morgan fingerprint density at radius 1 is 1.19 bits per heavy atom. The van der Waals surface area contributed by atoms with Gasteiger partial charge < -0.3 is 14.4 Å². The molecule has 0 bridgehead atoms. The van der Waals surface area contributed by atoms with Crippen LogP contribution in [0.25, 0.3) is 0 Å². The summed E-state index contributed by atoms with van der Waals surface area (Å²) in [5.74, 6) is 0.0326. The van der Waals surface area contributed by atoms with Gasteiger partial charge in [-0.25, -0.2) is 9.59 Å². The van der Waals surface area contributed by atoms with Gasteiger partial charge >= 0.3 is 12.2 Å². The number of carbonyl (C=O) groups is 2. The number of hydrogen-bond donors (Lipinski definition) is 1. The minimum Gasteiger partial charge on any atom is -0.449 e. The molecule has 9 heteroatoms. The van der Waals surface area contributed by atoms with Crippen molar-refractivity contribution in [2.45, 2.75) is 75.7 Å². The lowest BCUT2D eigenvalue weighted by molar-refractivity contribution is 0.0284. The van der Waals surface area contributed by atoms with Crippen molar-refractivity contribution in [3.05, 3.63) is 57.6 Å². The largest absolute Gasteiger partial charge is 0.449 e. The molecule has 2 amide bonds. The van der Waals surface area contributed by atoms with Gasteiger partial charge in [-0.05, 0) is 87.6 Å². The van der Waals surface area contributed by atoms with Gasteiger partial charge in [-0.2, -0.15) is 0 Å². The number of anilines is 1. The van der Waals surface area contributed by atoms with Gasteiger partial charge in [-0.15, -0.1) is 0 Å². The Hall–Kier alpha value is -2.39. The first kappa shape index (κ1) is 28.2. The van der Waals surface area contributed by atoms with Gasteiger partial charge in [0.1, 0.15) is 5.60 Å². The molecule has 2 atom stereocenters. The smallest absolute Gasteiger partial charge is 0.411 e. The third-order valence-corrected chi connectivity index (χ3v) is 8.09. The highest BCUT2D eigenvalue weighted by molar-refractivity contribution is 9.10. The number of nitrogens with zero attached hydrogens (tertiary/aromatic N) is 1. The molecule has 0 saturated heterocycles. The van der Waals surface area contributed by atoms with E-state index in [1.807, 2.05) is 32.0 Å². The van der Waals surface area contributed by atoms with Gasteiger partial charge in [-0.1, -0.05) is 28.9 Å². The maximum absolute atomic E-state index is 13.0. The van der Waals surface area contributed by atoms with Crippen LogP contribution in [-0.2, 0) is 26.8 Å². The number of amides is 2. The summed E-state index contributed by atoms with van der Waals surface area (Å²) in [6.45, 7) is 9.89. The minimum absolute atomic E-state index is 0.0326. The van der Waals surface area contributed by atoms with Crippen LogP contribution < -0.4 is 5.32 Å². The summed E-state index contributed by atoms with van der Waals surface area (Å²) < 4.78 is 24.9. The van der Waals surface area contributed by atoms with Crippen LogP contribution in [0.4, 0.5) is 15.3 Å². The first-order valence-corrected chi connectivity index (χ1v) is 14.0. The Bertz CT molecular complexity index is 1140. The van der Waals surface area contributed by atoms with E-state index in [9.17, 15) is 13.8 Å². The standard InChI is InChI=1S/C27H35BrN2O5S/c1-17-13-20(28)7-11-23(17)18(2)16-34-25(31)29-21-8-12-24(36(33)22-9-10-22)19(14-21)15-30(6)26(32)35-27(3,4)5/h7-8,11-14,18,22H,9-10,15-16H2,1-6H3,(H,29,31). The molecule has 0 aromatic heterocycles. The predicted molar refractivity (Wildman–Crippen MR) is 146 cm³/mol. The van der Waals surface area contributed by atoms with E-state index in [0.29, 0.717) is 16.1 Å². The maximum Gasteiger partial charge on any atom is 0.411 e. The van der Waals surface area contributed by atoms with Crippen molar-refractivity contribution in [3.8, 4) is 0 Å². The van der Waals surface area contributed by atoms with Crippen molar-refractivity contribution >= 4 is 44.6 Å². The molecule has 2 aromatic carbocycles. The molecule has 2 unspecified atom stereocenters. The molecule has 1 N–H and O–H groups in total. The molecule has 2 aromatic rings. The molecule has 0 spiro atoms. The zero-order valence-electron chi connectivity index (χ0n) is 21.7. The number of nitrogens with one attached hydrogen (secondary N) is 1. The molecule has 1 aliphatic rings. The lowest BCUT2D eigenvalue weighted by atomic mass is 9.97. The van der Waals surface area contributed by atoms with E-state index in [2.05, 4.69) is 21.2 Å². The van der Waals surface area contributed by atoms with Crippen molar-refractivity contribution in [3.63, 3.8) is 0 Å². The fraction of sp³-hybridized carbons (Fsp3) is 0.481. The van der Waals surface area contributed by atoms with Crippen LogP contribution in [0, 0.1) is 6.92 Å². The quantitative estimate of drug-likeness (QED) is 0.374. The maximum atomic E-state index is 13.0. The van der Waals surface area contributed by atoms with Crippen molar-refractivity contribution in [1.82, 2.24) is 4.90 Å². The Balaban J connectivity index is 1.69. The second-order valence-corrected chi connectivity index (χ2v) is 12.9. The number of benzene rings is 2. The molecule has 1 saturated carbocycles. The Morgan fingerprint density at radius 3 is 2.50 bits per heavy atom. The molecule has 1 aliphatic carbocycles. The zero-order chi connectivity index (χ0) is 26.6. The van der Waals surface area contributed by atoms with E-state index in [0.717, 1.165) is 28.4 Å². The van der Waals surface area contributed by atoms with Gasteiger partial charge in [0.05, 0.1) is 17.4 Å². The Kier molecular flexibility index (Phi) is 9.22. The number of halogens is 1. The van der Waals surface area contributed by atoms with Crippen molar-refractivity contribution < 1.29 is 23.3 Å². The zero-order valence-corrected chi connectivity index (χ0v) is 24.1.